The van der Waals surface area contributed by atoms with Crippen molar-refractivity contribution in [1.82, 2.24) is 5.32 Å². The first-order valence-electron chi connectivity index (χ1n) is 6.26. The van der Waals surface area contributed by atoms with Gasteiger partial charge in [0.2, 0.25) is 5.91 Å². The molecule has 0 fully saturated rings. The van der Waals surface area contributed by atoms with Crippen LogP contribution in [0, 0.1) is 13.8 Å². The summed E-state index contributed by atoms with van der Waals surface area (Å²) in [6.07, 6.45) is 0.953. The lowest BCUT2D eigenvalue weighted by atomic mass is 10.1. The number of halogens is 1. The molecule has 0 aliphatic heterocycles. The number of aryl methyl sites for hydroxylation is 2. The average Bonchev–Trinajstić information content (AvgIpc) is 2.30. The Morgan fingerprint density at radius 3 is 2.39 bits per heavy atom. The molecular formula is C14H21BrN2O. The van der Waals surface area contributed by atoms with Gasteiger partial charge in [0.15, 0.2) is 0 Å². The molecule has 0 saturated heterocycles. The van der Waals surface area contributed by atoms with E-state index in [1.807, 2.05) is 39.8 Å². The molecule has 1 aromatic rings. The van der Waals surface area contributed by atoms with Crippen molar-refractivity contribution in [3.63, 3.8) is 0 Å². The third-order valence-electron chi connectivity index (χ3n) is 2.80. The van der Waals surface area contributed by atoms with Gasteiger partial charge in [0.1, 0.15) is 6.04 Å². The van der Waals surface area contributed by atoms with Gasteiger partial charge in [0, 0.05) is 16.7 Å². The maximum Gasteiger partial charge on any atom is 0.242 e. The molecule has 3 nitrogen and oxygen atoms in total. The molecule has 2 N–H and O–H groups in total. The van der Waals surface area contributed by atoms with E-state index in [2.05, 4.69) is 26.6 Å². The highest BCUT2D eigenvalue weighted by Gasteiger charge is 2.14. The third kappa shape index (κ3) is 4.02. The lowest BCUT2D eigenvalue weighted by Crippen LogP contribution is -2.38. The highest BCUT2D eigenvalue weighted by atomic mass is 79.9. The molecule has 4 heteroatoms. The lowest BCUT2D eigenvalue weighted by Gasteiger charge is -2.19. The minimum Gasteiger partial charge on any atom is -0.373 e. The first kappa shape index (κ1) is 15.0. The van der Waals surface area contributed by atoms with Crippen LogP contribution in [0.2, 0.25) is 0 Å². The Balaban J connectivity index is 2.75. The fourth-order valence-electron chi connectivity index (χ4n) is 1.82. The average molecular weight is 313 g/mol. The maximum absolute atomic E-state index is 11.8. The van der Waals surface area contributed by atoms with Crippen molar-refractivity contribution >= 4 is 27.5 Å². The monoisotopic (exact) mass is 312 g/mol. The van der Waals surface area contributed by atoms with Gasteiger partial charge < -0.3 is 10.6 Å². The van der Waals surface area contributed by atoms with Crippen LogP contribution in [0.25, 0.3) is 0 Å². The molecule has 1 atom stereocenters. The largest absolute Gasteiger partial charge is 0.373 e. The highest BCUT2D eigenvalue weighted by molar-refractivity contribution is 9.10. The fourth-order valence-corrected chi connectivity index (χ4v) is 2.51. The van der Waals surface area contributed by atoms with Gasteiger partial charge in [-0.3, -0.25) is 4.79 Å². The SMILES string of the molecule is CCCNC(=O)C(C)Nc1c(C)cc(Br)cc1C. The molecule has 0 aliphatic rings. The normalized spacial score (nSPS) is 12.1. The number of rotatable bonds is 5. The summed E-state index contributed by atoms with van der Waals surface area (Å²) in [5.41, 5.74) is 3.31. The standard InChI is InChI=1S/C14H21BrN2O/c1-5-6-16-14(18)11(4)17-13-9(2)7-12(15)8-10(13)3/h7-8,11,17H,5-6H2,1-4H3,(H,16,18). The van der Waals surface area contributed by atoms with Gasteiger partial charge in [-0.15, -0.1) is 0 Å². The number of nitrogens with one attached hydrogen (secondary N) is 2. The summed E-state index contributed by atoms with van der Waals surface area (Å²) in [5.74, 6) is 0.0403. The summed E-state index contributed by atoms with van der Waals surface area (Å²) in [4.78, 5) is 11.8. The second-order valence-corrected chi connectivity index (χ2v) is 5.49. The number of carbonyl (C=O) groups excluding carboxylic acids is 1. The molecule has 0 spiro atoms. The highest BCUT2D eigenvalue weighted by Crippen LogP contribution is 2.25. The molecule has 0 saturated carbocycles. The molecule has 1 aromatic carbocycles. The van der Waals surface area contributed by atoms with Gasteiger partial charge in [-0.1, -0.05) is 22.9 Å². The summed E-state index contributed by atoms with van der Waals surface area (Å²) in [5, 5.41) is 6.17. The van der Waals surface area contributed by atoms with E-state index in [4.69, 9.17) is 0 Å². The number of hydrogen-bond donors (Lipinski definition) is 2. The number of amides is 1. The Hall–Kier alpha value is -1.03. The topological polar surface area (TPSA) is 41.1 Å². The van der Waals surface area contributed by atoms with Crippen LogP contribution in [0.4, 0.5) is 5.69 Å². The minimum absolute atomic E-state index is 0.0403. The van der Waals surface area contributed by atoms with E-state index in [9.17, 15) is 4.79 Å². The molecule has 0 heterocycles. The van der Waals surface area contributed by atoms with Gasteiger partial charge >= 0.3 is 0 Å². The molecule has 1 amide bonds. The number of hydrogen-bond acceptors (Lipinski definition) is 2. The van der Waals surface area contributed by atoms with E-state index in [0.717, 1.165) is 34.3 Å². The van der Waals surface area contributed by atoms with Crippen molar-refractivity contribution in [1.29, 1.82) is 0 Å². The van der Waals surface area contributed by atoms with Crippen LogP contribution in [0.3, 0.4) is 0 Å². The summed E-state index contributed by atoms with van der Waals surface area (Å²) < 4.78 is 1.06. The predicted molar refractivity (Wildman–Crippen MR) is 80.0 cm³/mol. The Bertz CT molecular complexity index is 409. The van der Waals surface area contributed by atoms with Crippen LogP contribution < -0.4 is 10.6 Å². The zero-order chi connectivity index (χ0) is 13.7. The Morgan fingerprint density at radius 2 is 1.89 bits per heavy atom. The van der Waals surface area contributed by atoms with Crippen molar-refractivity contribution in [3.8, 4) is 0 Å². The Kier molecular flexibility index (Phi) is 5.66. The van der Waals surface area contributed by atoms with E-state index >= 15 is 0 Å². The molecule has 0 radical (unpaired) electrons. The lowest BCUT2D eigenvalue weighted by molar-refractivity contribution is -0.121. The number of carbonyl (C=O) groups is 1. The van der Waals surface area contributed by atoms with Gasteiger partial charge in [-0.2, -0.15) is 0 Å². The summed E-state index contributed by atoms with van der Waals surface area (Å²) in [6, 6.07) is 3.87. The molecule has 0 aliphatic carbocycles. The van der Waals surface area contributed by atoms with Crippen molar-refractivity contribution < 1.29 is 4.79 Å². The van der Waals surface area contributed by atoms with E-state index in [-0.39, 0.29) is 11.9 Å². The summed E-state index contributed by atoms with van der Waals surface area (Å²) >= 11 is 3.47. The van der Waals surface area contributed by atoms with Crippen LogP contribution >= 0.6 is 15.9 Å². The van der Waals surface area contributed by atoms with Crippen molar-refractivity contribution in [2.75, 3.05) is 11.9 Å². The first-order valence-corrected chi connectivity index (χ1v) is 7.06. The van der Waals surface area contributed by atoms with Gasteiger partial charge in [-0.25, -0.2) is 0 Å². The van der Waals surface area contributed by atoms with Crippen molar-refractivity contribution in [3.05, 3.63) is 27.7 Å². The summed E-state index contributed by atoms with van der Waals surface area (Å²) in [7, 11) is 0. The van der Waals surface area contributed by atoms with E-state index in [1.54, 1.807) is 0 Å². The number of anilines is 1. The molecule has 0 aromatic heterocycles. The van der Waals surface area contributed by atoms with E-state index in [1.165, 1.54) is 0 Å². The molecular weight excluding hydrogens is 292 g/mol. The molecule has 100 valence electrons. The van der Waals surface area contributed by atoms with Crippen LogP contribution in [-0.2, 0) is 4.79 Å². The van der Waals surface area contributed by atoms with Crippen LogP contribution in [0.1, 0.15) is 31.4 Å². The molecule has 18 heavy (non-hydrogen) atoms. The zero-order valence-electron chi connectivity index (χ0n) is 11.4. The Morgan fingerprint density at radius 1 is 1.33 bits per heavy atom. The van der Waals surface area contributed by atoms with Crippen molar-refractivity contribution in [2.45, 2.75) is 40.2 Å². The maximum atomic E-state index is 11.8. The second kappa shape index (κ2) is 6.78. The molecule has 1 rings (SSSR count). The summed E-state index contributed by atoms with van der Waals surface area (Å²) in [6.45, 7) is 8.73. The zero-order valence-corrected chi connectivity index (χ0v) is 13.0. The van der Waals surface area contributed by atoms with Crippen LogP contribution in [-0.4, -0.2) is 18.5 Å². The van der Waals surface area contributed by atoms with Gasteiger partial charge in [-0.05, 0) is 50.5 Å². The van der Waals surface area contributed by atoms with Gasteiger partial charge in [0.25, 0.3) is 0 Å². The van der Waals surface area contributed by atoms with Crippen LogP contribution in [0.15, 0.2) is 16.6 Å². The van der Waals surface area contributed by atoms with Gasteiger partial charge in [0.05, 0.1) is 0 Å². The third-order valence-corrected chi connectivity index (χ3v) is 3.26. The van der Waals surface area contributed by atoms with E-state index < -0.39 is 0 Å². The van der Waals surface area contributed by atoms with Crippen LogP contribution in [0.5, 0.6) is 0 Å². The molecule has 1 unspecified atom stereocenters. The fraction of sp³-hybridized carbons (Fsp3) is 0.500. The minimum atomic E-state index is -0.227. The second-order valence-electron chi connectivity index (χ2n) is 4.57. The quantitative estimate of drug-likeness (QED) is 0.875. The van der Waals surface area contributed by atoms with Crippen molar-refractivity contribution in [2.24, 2.45) is 0 Å². The molecule has 0 bridgehead atoms. The Labute approximate surface area is 117 Å². The van der Waals surface area contributed by atoms with E-state index in [0.29, 0.717) is 0 Å². The predicted octanol–water partition coefficient (Wildman–Crippen LogP) is 3.39. The number of benzene rings is 1. The smallest absolute Gasteiger partial charge is 0.242 e. The first-order chi connectivity index (χ1) is 8.45.